The number of hydrogen-bond acceptors (Lipinski definition) is 3. The van der Waals surface area contributed by atoms with Crippen LogP contribution in [0, 0.1) is 12.8 Å². The topological polar surface area (TPSA) is 34.0 Å². The normalized spacial score (nSPS) is 20.6. The van der Waals surface area contributed by atoms with Crippen LogP contribution in [0.25, 0.3) is 11.0 Å². The van der Waals surface area contributed by atoms with Crippen molar-refractivity contribution in [2.24, 2.45) is 13.0 Å². The van der Waals surface area contributed by atoms with Crippen LogP contribution in [0.1, 0.15) is 25.6 Å². The van der Waals surface area contributed by atoms with E-state index in [1.54, 1.807) is 0 Å². The zero-order chi connectivity index (χ0) is 12.7. The summed E-state index contributed by atoms with van der Waals surface area (Å²) in [7, 11) is 2.06. The number of anilines is 1. The molecule has 96 valence electrons. The Morgan fingerprint density at radius 3 is 3.00 bits per heavy atom. The van der Waals surface area contributed by atoms with Gasteiger partial charge in [0.05, 0.1) is 5.52 Å². The molecule has 0 spiro atoms. The summed E-state index contributed by atoms with van der Waals surface area (Å²) in [4.78, 5) is 11.6. The number of fused-ring (bicyclic) bond motifs is 1. The first-order valence-electron chi connectivity index (χ1n) is 6.70. The summed E-state index contributed by atoms with van der Waals surface area (Å²) in [5, 5.41) is 0. The Morgan fingerprint density at radius 1 is 1.39 bits per heavy atom. The van der Waals surface area contributed by atoms with Crippen molar-refractivity contribution in [3.05, 3.63) is 18.1 Å². The molecule has 0 saturated carbocycles. The highest BCUT2D eigenvalue weighted by atomic mass is 15.2. The van der Waals surface area contributed by atoms with Crippen molar-refractivity contribution in [1.29, 1.82) is 0 Å². The van der Waals surface area contributed by atoms with Crippen LogP contribution < -0.4 is 4.90 Å². The number of aromatic nitrogens is 3. The second-order valence-electron chi connectivity index (χ2n) is 5.41. The summed E-state index contributed by atoms with van der Waals surface area (Å²) in [5.41, 5.74) is 2.22. The lowest BCUT2D eigenvalue weighted by molar-refractivity contribution is 0.445. The Labute approximate surface area is 108 Å². The van der Waals surface area contributed by atoms with Gasteiger partial charge < -0.3 is 9.47 Å². The number of rotatable bonds is 1. The first-order valence-corrected chi connectivity index (χ1v) is 6.70. The van der Waals surface area contributed by atoms with Gasteiger partial charge in [-0.3, -0.25) is 0 Å². The summed E-state index contributed by atoms with van der Waals surface area (Å²) in [6.07, 6.45) is 4.48. The predicted molar refractivity (Wildman–Crippen MR) is 73.9 cm³/mol. The number of imidazole rings is 1. The standard InChI is InChI=1S/C14H20N4/c1-10-5-4-8-18(9-10)14-13-12(6-7-15-14)17(3)11(2)16-13/h6-7,10H,4-5,8-9H2,1-3H3. The molecule has 18 heavy (non-hydrogen) atoms. The largest absolute Gasteiger partial charge is 0.354 e. The lowest BCUT2D eigenvalue weighted by Crippen LogP contribution is -2.34. The van der Waals surface area contributed by atoms with E-state index >= 15 is 0 Å². The average molecular weight is 244 g/mol. The van der Waals surface area contributed by atoms with Crippen LogP contribution in [0.3, 0.4) is 0 Å². The van der Waals surface area contributed by atoms with E-state index in [0.29, 0.717) is 0 Å². The molecule has 0 bridgehead atoms. The molecular weight excluding hydrogens is 224 g/mol. The maximum atomic E-state index is 4.67. The predicted octanol–water partition coefficient (Wildman–Crippen LogP) is 2.51. The summed E-state index contributed by atoms with van der Waals surface area (Å²) < 4.78 is 2.13. The quantitative estimate of drug-likeness (QED) is 0.773. The van der Waals surface area contributed by atoms with Crippen molar-refractivity contribution in [1.82, 2.24) is 14.5 Å². The summed E-state index contributed by atoms with van der Waals surface area (Å²) in [5.74, 6) is 2.85. The molecule has 1 fully saturated rings. The van der Waals surface area contributed by atoms with Crippen molar-refractivity contribution in [3.8, 4) is 0 Å². The molecule has 0 radical (unpaired) electrons. The molecule has 1 aliphatic heterocycles. The maximum Gasteiger partial charge on any atom is 0.156 e. The van der Waals surface area contributed by atoms with E-state index in [9.17, 15) is 0 Å². The van der Waals surface area contributed by atoms with E-state index in [4.69, 9.17) is 0 Å². The van der Waals surface area contributed by atoms with Crippen molar-refractivity contribution < 1.29 is 0 Å². The highest BCUT2D eigenvalue weighted by molar-refractivity contribution is 5.86. The molecule has 4 heteroatoms. The van der Waals surface area contributed by atoms with E-state index in [-0.39, 0.29) is 0 Å². The van der Waals surface area contributed by atoms with Gasteiger partial charge in [-0.25, -0.2) is 9.97 Å². The van der Waals surface area contributed by atoms with Crippen LogP contribution in [0.15, 0.2) is 12.3 Å². The Morgan fingerprint density at radius 2 is 2.22 bits per heavy atom. The van der Waals surface area contributed by atoms with Gasteiger partial charge in [0.25, 0.3) is 0 Å². The Bertz CT molecular complexity index is 572. The fourth-order valence-corrected chi connectivity index (χ4v) is 2.84. The minimum atomic E-state index is 0.751. The van der Waals surface area contributed by atoms with E-state index < -0.39 is 0 Å². The molecule has 1 atom stereocenters. The smallest absolute Gasteiger partial charge is 0.156 e. The highest BCUT2D eigenvalue weighted by Gasteiger charge is 2.21. The van der Waals surface area contributed by atoms with Gasteiger partial charge in [0.2, 0.25) is 0 Å². The molecule has 1 aliphatic rings. The van der Waals surface area contributed by atoms with Crippen molar-refractivity contribution in [2.45, 2.75) is 26.7 Å². The fourth-order valence-electron chi connectivity index (χ4n) is 2.84. The second-order valence-corrected chi connectivity index (χ2v) is 5.41. The summed E-state index contributed by atoms with van der Waals surface area (Å²) in [6.45, 7) is 6.56. The zero-order valence-electron chi connectivity index (χ0n) is 11.3. The van der Waals surface area contributed by atoms with Gasteiger partial charge in [-0.1, -0.05) is 6.92 Å². The minimum Gasteiger partial charge on any atom is -0.354 e. The molecular formula is C14H20N4. The van der Waals surface area contributed by atoms with E-state index in [1.165, 1.54) is 18.4 Å². The molecule has 2 aromatic heterocycles. The van der Waals surface area contributed by atoms with Gasteiger partial charge in [0, 0.05) is 26.3 Å². The van der Waals surface area contributed by atoms with Crippen molar-refractivity contribution in [2.75, 3.05) is 18.0 Å². The first-order chi connectivity index (χ1) is 8.66. The number of pyridine rings is 1. The molecule has 1 unspecified atom stereocenters. The van der Waals surface area contributed by atoms with Gasteiger partial charge in [-0.2, -0.15) is 0 Å². The Kier molecular flexibility index (Phi) is 2.73. The lowest BCUT2D eigenvalue weighted by atomic mass is 10.0. The SMILES string of the molecule is Cc1nc2c(N3CCCC(C)C3)nccc2n1C. The monoisotopic (exact) mass is 244 g/mol. The van der Waals surface area contributed by atoms with Gasteiger partial charge >= 0.3 is 0 Å². The van der Waals surface area contributed by atoms with Crippen LogP contribution in [0.2, 0.25) is 0 Å². The fraction of sp³-hybridized carbons (Fsp3) is 0.571. The molecule has 3 rings (SSSR count). The third-order valence-electron chi connectivity index (χ3n) is 3.96. The molecule has 4 nitrogen and oxygen atoms in total. The summed E-state index contributed by atoms with van der Waals surface area (Å²) in [6, 6.07) is 2.05. The number of hydrogen-bond donors (Lipinski definition) is 0. The maximum absolute atomic E-state index is 4.67. The molecule has 0 N–H and O–H groups in total. The molecule has 2 aromatic rings. The van der Waals surface area contributed by atoms with Gasteiger partial charge in [-0.05, 0) is 31.7 Å². The van der Waals surface area contributed by atoms with Crippen LogP contribution in [-0.2, 0) is 7.05 Å². The van der Waals surface area contributed by atoms with Crippen molar-refractivity contribution >= 4 is 16.9 Å². The van der Waals surface area contributed by atoms with Gasteiger partial charge in [0.1, 0.15) is 11.3 Å². The third-order valence-corrected chi connectivity index (χ3v) is 3.96. The van der Waals surface area contributed by atoms with Crippen LogP contribution in [0.4, 0.5) is 5.82 Å². The number of piperidine rings is 1. The Hall–Kier alpha value is -1.58. The van der Waals surface area contributed by atoms with E-state index in [2.05, 4.69) is 33.4 Å². The van der Waals surface area contributed by atoms with Crippen LogP contribution in [0.5, 0.6) is 0 Å². The van der Waals surface area contributed by atoms with Crippen LogP contribution in [-0.4, -0.2) is 27.6 Å². The molecule has 0 amide bonds. The minimum absolute atomic E-state index is 0.751. The van der Waals surface area contributed by atoms with E-state index in [1.807, 2.05) is 19.2 Å². The second kappa shape index (κ2) is 4.26. The van der Waals surface area contributed by atoms with Crippen LogP contribution >= 0.6 is 0 Å². The summed E-state index contributed by atoms with van der Waals surface area (Å²) >= 11 is 0. The number of nitrogens with zero attached hydrogens (tertiary/aromatic N) is 4. The Balaban J connectivity index is 2.08. The number of aryl methyl sites for hydroxylation is 2. The third kappa shape index (κ3) is 1.76. The van der Waals surface area contributed by atoms with E-state index in [0.717, 1.165) is 36.2 Å². The van der Waals surface area contributed by atoms with Gasteiger partial charge in [-0.15, -0.1) is 0 Å². The van der Waals surface area contributed by atoms with Gasteiger partial charge in [0.15, 0.2) is 5.82 Å². The molecule has 3 heterocycles. The molecule has 0 aromatic carbocycles. The van der Waals surface area contributed by atoms with Crippen molar-refractivity contribution in [3.63, 3.8) is 0 Å². The highest BCUT2D eigenvalue weighted by Crippen LogP contribution is 2.27. The lowest BCUT2D eigenvalue weighted by Gasteiger charge is -2.31. The first kappa shape index (κ1) is 11.5. The molecule has 1 saturated heterocycles. The average Bonchev–Trinajstić information content (AvgIpc) is 2.65. The molecule has 0 aliphatic carbocycles. The zero-order valence-corrected chi connectivity index (χ0v) is 11.3.